The quantitative estimate of drug-likeness (QED) is 0.514. The Morgan fingerprint density at radius 2 is 1.62 bits per heavy atom. The first kappa shape index (κ1) is 12.5. The Morgan fingerprint density at radius 1 is 1.15 bits per heavy atom. The van der Waals surface area contributed by atoms with Gasteiger partial charge in [-0.3, -0.25) is 4.74 Å². The zero-order valence-electron chi connectivity index (χ0n) is 6.37. The Balaban J connectivity index is 4.24. The second kappa shape index (κ2) is 4.14. The summed E-state index contributed by atoms with van der Waals surface area (Å²) in [5, 5.41) is 0. The lowest BCUT2D eigenvalue weighted by Crippen LogP contribution is -2.40. The van der Waals surface area contributed by atoms with E-state index in [9.17, 15) is 26.3 Å². The van der Waals surface area contributed by atoms with E-state index in [0.717, 1.165) is 6.92 Å². The van der Waals surface area contributed by atoms with Crippen LogP contribution in [0.3, 0.4) is 0 Å². The Bertz CT molecular complexity index is 159. The van der Waals surface area contributed by atoms with E-state index in [-0.39, 0.29) is 0 Å². The molecule has 0 rings (SSSR count). The summed E-state index contributed by atoms with van der Waals surface area (Å²) >= 11 is 0. The van der Waals surface area contributed by atoms with Crippen LogP contribution in [0, 0.1) is 0 Å². The third-order valence-electron chi connectivity index (χ3n) is 0.821. The highest BCUT2D eigenvalue weighted by Gasteiger charge is 2.52. The molecular weight excluding hydrogens is 206 g/mol. The van der Waals surface area contributed by atoms with Gasteiger partial charge in [0.1, 0.15) is 0 Å². The van der Waals surface area contributed by atoms with E-state index >= 15 is 0 Å². The van der Waals surface area contributed by atoms with Gasteiger partial charge in [-0.15, -0.1) is 8.78 Å². The molecule has 2 nitrogen and oxygen atoms in total. The summed E-state index contributed by atoms with van der Waals surface area (Å²) in [7, 11) is 0. The van der Waals surface area contributed by atoms with Crippen molar-refractivity contribution in [1.82, 2.24) is 0 Å². The first-order chi connectivity index (χ1) is 5.71. The standard InChI is InChI=1S/C5H6F6O2/c1-2-12-5(10,11)13-4(8,9)3(6)7/h3H,2H2,1H3. The van der Waals surface area contributed by atoms with Gasteiger partial charge in [-0.25, -0.2) is 13.5 Å². The maximum atomic E-state index is 12.0. The predicted octanol–water partition coefficient (Wildman–Crippen LogP) is 2.45. The Kier molecular flexibility index (Phi) is 3.98. The van der Waals surface area contributed by atoms with Gasteiger partial charge >= 0.3 is 18.8 Å². The molecule has 80 valence electrons. The summed E-state index contributed by atoms with van der Waals surface area (Å²) < 4.78 is 76.2. The molecule has 0 aromatic rings. The molecule has 0 saturated heterocycles. The molecule has 13 heavy (non-hydrogen) atoms. The maximum absolute atomic E-state index is 12.0. The van der Waals surface area contributed by atoms with Crippen molar-refractivity contribution in [3.8, 4) is 0 Å². The molecule has 0 amide bonds. The van der Waals surface area contributed by atoms with Crippen molar-refractivity contribution < 1.29 is 35.8 Å². The van der Waals surface area contributed by atoms with Crippen LogP contribution >= 0.6 is 0 Å². The zero-order valence-corrected chi connectivity index (χ0v) is 6.37. The van der Waals surface area contributed by atoms with Gasteiger partial charge in [0.25, 0.3) is 0 Å². The van der Waals surface area contributed by atoms with Gasteiger partial charge in [0.15, 0.2) is 0 Å². The van der Waals surface area contributed by atoms with E-state index in [1.165, 1.54) is 0 Å². The van der Waals surface area contributed by atoms with Crippen molar-refractivity contribution in [1.29, 1.82) is 0 Å². The zero-order chi connectivity index (χ0) is 10.7. The molecule has 0 saturated carbocycles. The molecule has 0 aliphatic rings. The fourth-order valence-corrected chi connectivity index (χ4v) is 0.400. The summed E-state index contributed by atoms with van der Waals surface area (Å²) in [5.74, 6) is 0. The van der Waals surface area contributed by atoms with E-state index < -0.39 is 25.4 Å². The van der Waals surface area contributed by atoms with Crippen molar-refractivity contribution in [3.63, 3.8) is 0 Å². The number of ether oxygens (including phenoxy) is 2. The van der Waals surface area contributed by atoms with Crippen molar-refractivity contribution >= 4 is 0 Å². The van der Waals surface area contributed by atoms with Gasteiger partial charge in [0, 0.05) is 0 Å². The molecule has 0 fully saturated rings. The SMILES string of the molecule is CCOC(F)(F)OC(F)(F)C(F)F. The van der Waals surface area contributed by atoms with Crippen LogP contribution in [-0.4, -0.2) is 25.4 Å². The van der Waals surface area contributed by atoms with Gasteiger partial charge in [-0.1, -0.05) is 0 Å². The normalized spacial score (nSPS) is 13.8. The van der Waals surface area contributed by atoms with Gasteiger partial charge < -0.3 is 0 Å². The van der Waals surface area contributed by atoms with Gasteiger partial charge in [0.2, 0.25) is 0 Å². The number of alkyl halides is 6. The third-order valence-corrected chi connectivity index (χ3v) is 0.821. The predicted molar refractivity (Wildman–Crippen MR) is 28.6 cm³/mol. The molecule has 0 N–H and O–H groups in total. The minimum Gasteiger partial charge on any atom is -0.296 e. The van der Waals surface area contributed by atoms with E-state index in [4.69, 9.17) is 0 Å². The van der Waals surface area contributed by atoms with Crippen LogP contribution in [-0.2, 0) is 9.47 Å². The van der Waals surface area contributed by atoms with Gasteiger partial charge in [-0.2, -0.15) is 8.78 Å². The number of hydrogen-bond donors (Lipinski definition) is 0. The minimum absolute atomic E-state index is 0.647. The monoisotopic (exact) mass is 212 g/mol. The van der Waals surface area contributed by atoms with Crippen LogP contribution in [0.15, 0.2) is 0 Å². The van der Waals surface area contributed by atoms with Crippen molar-refractivity contribution in [2.45, 2.75) is 25.8 Å². The van der Waals surface area contributed by atoms with Crippen LogP contribution in [0.25, 0.3) is 0 Å². The molecule has 0 heterocycles. The second-order valence-electron chi connectivity index (χ2n) is 1.86. The summed E-state index contributed by atoms with van der Waals surface area (Å²) in [6, 6.07) is 0. The summed E-state index contributed by atoms with van der Waals surface area (Å²) in [6.45, 7) is 0.421. The Morgan fingerprint density at radius 3 is 1.92 bits per heavy atom. The average molecular weight is 212 g/mol. The lowest BCUT2D eigenvalue weighted by atomic mass is 10.6. The largest absolute Gasteiger partial charge is 0.490 e. The lowest BCUT2D eigenvalue weighted by Gasteiger charge is -2.21. The molecular formula is C5H6F6O2. The third kappa shape index (κ3) is 4.32. The van der Waals surface area contributed by atoms with Gasteiger partial charge in [-0.05, 0) is 6.92 Å². The molecule has 0 aromatic heterocycles. The van der Waals surface area contributed by atoms with E-state index in [1.807, 2.05) is 0 Å². The molecule has 0 aliphatic carbocycles. The topological polar surface area (TPSA) is 18.5 Å². The fourth-order valence-electron chi connectivity index (χ4n) is 0.400. The van der Waals surface area contributed by atoms with E-state index in [2.05, 4.69) is 9.47 Å². The number of hydrogen-bond acceptors (Lipinski definition) is 2. The first-order valence-electron chi connectivity index (χ1n) is 3.09. The highest BCUT2D eigenvalue weighted by molar-refractivity contribution is 4.56. The number of halogens is 6. The molecule has 0 unspecified atom stereocenters. The summed E-state index contributed by atoms with van der Waals surface area (Å²) in [4.78, 5) is 0. The molecule has 0 aliphatic heterocycles. The highest BCUT2D eigenvalue weighted by Crippen LogP contribution is 2.32. The van der Waals surface area contributed by atoms with Crippen molar-refractivity contribution in [3.05, 3.63) is 0 Å². The van der Waals surface area contributed by atoms with Crippen LogP contribution in [0.4, 0.5) is 26.3 Å². The van der Waals surface area contributed by atoms with Crippen LogP contribution in [0.2, 0.25) is 0 Å². The summed E-state index contributed by atoms with van der Waals surface area (Å²) in [5.41, 5.74) is 0. The minimum atomic E-state index is -5.22. The van der Waals surface area contributed by atoms with Crippen LogP contribution in [0.1, 0.15) is 6.92 Å². The molecule has 0 bridgehead atoms. The fraction of sp³-hybridized carbons (Fsp3) is 1.00. The van der Waals surface area contributed by atoms with Crippen LogP contribution in [0.5, 0.6) is 0 Å². The van der Waals surface area contributed by atoms with Gasteiger partial charge in [0.05, 0.1) is 6.61 Å². The molecule has 8 heteroatoms. The summed E-state index contributed by atoms with van der Waals surface area (Å²) in [6.07, 6.45) is -14.3. The Hall–Kier alpha value is -0.500. The average Bonchev–Trinajstić information content (AvgIpc) is 1.83. The number of rotatable bonds is 5. The molecule has 0 spiro atoms. The molecule has 0 aromatic carbocycles. The maximum Gasteiger partial charge on any atom is 0.490 e. The first-order valence-corrected chi connectivity index (χ1v) is 3.09. The van der Waals surface area contributed by atoms with E-state index in [0.29, 0.717) is 0 Å². The van der Waals surface area contributed by atoms with Crippen molar-refractivity contribution in [2.75, 3.05) is 6.61 Å². The van der Waals surface area contributed by atoms with E-state index in [1.54, 1.807) is 0 Å². The smallest absolute Gasteiger partial charge is 0.296 e. The van der Waals surface area contributed by atoms with Crippen LogP contribution < -0.4 is 0 Å². The van der Waals surface area contributed by atoms with Crippen molar-refractivity contribution in [2.24, 2.45) is 0 Å². The molecule has 0 radical (unpaired) electrons. The molecule has 0 atom stereocenters. The second-order valence-corrected chi connectivity index (χ2v) is 1.86. The lowest BCUT2D eigenvalue weighted by molar-refractivity contribution is -0.481. The highest BCUT2D eigenvalue weighted by atomic mass is 19.3. The Labute approximate surface area is 69.4 Å².